The van der Waals surface area contributed by atoms with Crippen molar-refractivity contribution in [3.05, 3.63) is 35.4 Å². The van der Waals surface area contributed by atoms with Crippen LogP contribution in [0.3, 0.4) is 0 Å². The first-order valence-corrected chi connectivity index (χ1v) is 7.00. The predicted octanol–water partition coefficient (Wildman–Crippen LogP) is 2.50. The van der Waals surface area contributed by atoms with Crippen molar-refractivity contribution >= 4 is 0 Å². The molecule has 1 aliphatic rings. The van der Waals surface area contributed by atoms with Gasteiger partial charge in [0.05, 0.1) is 18.3 Å². The van der Waals surface area contributed by atoms with Gasteiger partial charge in [0.25, 0.3) is 0 Å². The number of hydrogen-bond acceptors (Lipinski definition) is 3. The van der Waals surface area contributed by atoms with Crippen LogP contribution in [0.2, 0.25) is 0 Å². The maximum atomic E-state index is 13.2. The highest BCUT2D eigenvalue weighted by Crippen LogP contribution is 2.20. The van der Waals surface area contributed by atoms with Gasteiger partial charge in [-0.25, -0.2) is 8.78 Å². The molecule has 3 unspecified atom stereocenters. The predicted molar refractivity (Wildman–Crippen MR) is 72.4 cm³/mol. The molecule has 0 aromatic heterocycles. The lowest BCUT2D eigenvalue weighted by molar-refractivity contribution is -0.0856. The zero-order chi connectivity index (χ0) is 14.7. The lowest BCUT2D eigenvalue weighted by atomic mass is 10.1. The van der Waals surface area contributed by atoms with Gasteiger partial charge < -0.3 is 9.84 Å². The van der Waals surface area contributed by atoms with Crippen molar-refractivity contribution in [2.24, 2.45) is 0 Å². The quantitative estimate of drug-likeness (QED) is 0.922. The van der Waals surface area contributed by atoms with Gasteiger partial charge in [-0.15, -0.1) is 0 Å². The molecule has 1 N–H and O–H groups in total. The summed E-state index contributed by atoms with van der Waals surface area (Å²) in [6, 6.07) is 3.52. The van der Waals surface area contributed by atoms with Crippen molar-refractivity contribution in [3.8, 4) is 0 Å². The van der Waals surface area contributed by atoms with Gasteiger partial charge in [0.2, 0.25) is 0 Å². The average Bonchev–Trinajstić information content (AvgIpc) is 2.41. The molecule has 0 aliphatic carbocycles. The van der Waals surface area contributed by atoms with Crippen LogP contribution in [-0.4, -0.2) is 41.8 Å². The number of aliphatic hydroxyl groups is 1. The molecule has 3 atom stereocenters. The number of ether oxygens (including phenoxy) is 1. The molecule has 20 heavy (non-hydrogen) atoms. The molecule has 1 saturated heterocycles. The highest BCUT2D eigenvalue weighted by Gasteiger charge is 2.26. The number of halogens is 2. The molecule has 2 rings (SSSR count). The van der Waals surface area contributed by atoms with E-state index in [2.05, 4.69) is 11.8 Å². The Balaban J connectivity index is 1.99. The zero-order valence-electron chi connectivity index (χ0n) is 11.9. The molecule has 0 spiro atoms. The fraction of sp³-hybridized carbons (Fsp3) is 0.600. The third-order valence-electron chi connectivity index (χ3n) is 3.62. The van der Waals surface area contributed by atoms with E-state index in [9.17, 15) is 13.9 Å². The molecule has 112 valence electrons. The monoisotopic (exact) mass is 285 g/mol. The Morgan fingerprint density at radius 2 is 2.10 bits per heavy atom. The van der Waals surface area contributed by atoms with Crippen molar-refractivity contribution in [3.63, 3.8) is 0 Å². The maximum absolute atomic E-state index is 13.2. The molecule has 0 radical (unpaired) electrons. The molecule has 1 fully saturated rings. The SMILES string of the molecule is CCC1CN(CC(O)c2ccc(F)c(F)c2)CC(C)O1. The first-order chi connectivity index (χ1) is 9.49. The van der Waals surface area contributed by atoms with Crippen molar-refractivity contribution < 1.29 is 18.6 Å². The van der Waals surface area contributed by atoms with Crippen molar-refractivity contribution in [2.45, 2.75) is 38.6 Å². The highest BCUT2D eigenvalue weighted by molar-refractivity contribution is 5.20. The van der Waals surface area contributed by atoms with Crippen LogP contribution in [0.1, 0.15) is 31.9 Å². The number of morpholine rings is 1. The summed E-state index contributed by atoms with van der Waals surface area (Å²) in [4.78, 5) is 2.11. The van der Waals surface area contributed by atoms with E-state index in [4.69, 9.17) is 4.74 Å². The minimum absolute atomic E-state index is 0.117. The minimum atomic E-state index is -0.927. The number of rotatable bonds is 4. The van der Waals surface area contributed by atoms with Gasteiger partial charge in [-0.2, -0.15) is 0 Å². The van der Waals surface area contributed by atoms with Gasteiger partial charge >= 0.3 is 0 Å². The normalized spacial score (nSPS) is 25.6. The van der Waals surface area contributed by atoms with E-state index >= 15 is 0 Å². The van der Waals surface area contributed by atoms with Gasteiger partial charge in [-0.05, 0) is 31.0 Å². The van der Waals surface area contributed by atoms with Crippen LogP contribution in [-0.2, 0) is 4.74 Å². The second-order valence-electron chi connectivity index (χ2n) is 5.38. The van der Waals surface area contributed by atoms with Gasteiger partial charge in [0.1, 0.15) is 0 Å². The summed E-state index contributed by atoms with van der Waals surface area (Å²) >= 11 is 0. The van der Waals surface area contributed by atoms with Crippen molar-refractivity contribution in [1.82, 2.24) is 4.90 Å². The van der Waals surface area contributed by atoms with Gasteiger partial charge in [-0.3, -0.25) is 4.90 Å². The van der Waals surface area contributed by atoms with Crippen LogP contribution in [0, 0.1) is 11.6 Å². The van der Waals surface area contributed by atoms with Crippen LogP contribution >= 0.6 is 0 Å². The molecule has 1 heterocycles. The Bertz CT molecular complexity index is 455. The lowest BCUT2D eigenvalue weighted by Crippen LogP contribution is -2.47. The fourth-order valence-corrected chi connectivity index (χ4v) is 2.58. The molecule has 1 aromatic carbocycles. The van der Waals surface area contributed by atoms with E-state index in [0.29, 0.717) is 12.1 Å². The zero-order valence-corrected chi connectivity index (χ0v) is 11.9. The molecule has 0 amide bonds. The summed E-state index contributed by atoms with van der Waals surface area (Å²) in [6.07, 6.45) is 0.372. The molecule has 3 nitrogen and oxygen atoms in total. The molecule has 0 bridgehead atoms. The fourth-order valence-electron chi connectivity index (χ4n) is 2.58. The summed E-state index contributed by atoms with van der Waals surface area (Å²) in [7, 11) is 0. The summed E-state index contributed by atoms with van der Waals surface area (Å²) in [5.74, 6) is -1.82. The second-order valence-corrected chi connectivity index (χ2v) is 5.38. The van der Waals surface area contributed by atoms with Gasteiger partial charge in [0, 0.05) is 19.6 Å². The highest BCUT2D eigenvalue weighted by atomic mass is 19.2. The molecule has 1 aromatic rings. The maximum Gasteiger partial charge on any atom is 0.159 e. The topological polar surface area (TPSA) is 32.7 Å². The third-order valence-corrected chi connectivity index (χ3v) is 3.62. The van der Waals surface area contributed by atoms with Gasteiger partial charge in [0.15, 0.2) is 11.6 Å². The molecule has 0 saturated carbocycles. The first-order valence-electron chi connectivity index (χ1n) is 7.00. The summed E-state index contributed by atoms with van der Waals surface area (Å²) in [6.45, 7) is 5.94. The Kier molecular flexibility index (Phi) is 5.07. The first kappa shape index (κ1) is 15.4. The summed E-state index contributed by atoms with van der Waals surface area (Å²) in [5, 5.41) is 10.2. The van der Waals surface area contributed by atoms with Crippen LogP contribution in [0.15, 0.2) is 18.2 Å². The average molecular weight is 285 g/mol. The standard InChI is InChI=1S/C15H21F2NO2/c1-3-12-8-18(7-10(2)20-12)9-15(19)11-4-5-13(16)14(17)6-11/h4-6,10,12,15,19H,3,7-9H2,1-2H3. The largest absolute Gasteiger partial charge is 0.387 e. The van der Waals surface area contributed by atoms with E-state index in [0.717, 1.165) is 31.6 Å². The number of hydrogen-bond donors (Lipinski definition) is 1. The lowest BCUT2D eigenvalue weighted by Gasteiger charge is -2.37. The van der Waals surface area contributed by atoms with E-state index in [-0.39, 0.29) is 12.2 Å². The third kappa shape index (κ3) is 3.75. The van der Waals surface area contributed by atoms with Crippen LogP contribution < -0.4 is 0 Å². The molecular weight excluding hydrogens is 264 g/mol. The van der Waals surface area contributed by atoms with Crippen LogP contribution in [0.4, 0.5) is 8.78 Å². The summed E-state index contributed by atoms with van der Waals surface area (Å²) in [5.41, 5.74) is 0.399. The van der Waals surface area contributed by atoms with Gasteiger partial charge in [-0.1, -0.05) is 13.0 Å². The minimum Gasteiger partial charge on any atom is -0.387 e. The van der Waals surface area contributed by atoms with Crippen LogP contribution in [0.25, 0.3) is 0 Å². The Hall–Kier alpha value is -1.04. The van der Waals surface area contributed by atoms with E-state index < -0.39 is 17.7 Å². The molecule has 5 heteroatoms. The number of nitrogens with zero attached hydrogens (tertiary/aromatic N) is 1. The van der Waals surface area contributed by atoms with E-state index in [1.807, 2.05) is 6.92 Å². The second kappa shape index (κ2) is 6.61. The number of β-amino-alcohol motifs (C(OH)–C–C–N with tert-alkyl or cyclic N) is 1. The Morgan fingerprint density at radius 3 is 2.75 bits per heavy atom. The Morgan fingerprint density at radius 1 is 1.35 bits per heavy atom. The molecular formula is C15H21F2NO2. The van der Waals surface area contributed by atoms with E-state index in [1.165, 1.54) is 6.07 Å². The van der Waals surface area contributed by atoms with Crippen molar-refractivity contribution in [2.75, 3.05) is 19.6 Å². The van der Waals surface area contributed by atoms with E-state index in [1.54, 1.807) is 0 Å². The smallest absolute Gasteiger partial charge is 0.159 e. The van der Waals surface area contributed by atoms with Crippen LogP contribution in [0.5, 0.6) is 0 Å². The molecule has 1 aliphatic heterocycles. The summed E-state index contributed by atoms with van der Waals surface area (Å²) < 4.78 is 31.8. The Labute approximate surface area is 118 Å². The van der Waals surface area contributed by atoms with Crippen molar-refractivity contribution in [1.29, 1.82) is 0 Å². The number of benzene rings is 1. The number of aliphatic hydroxyl groups excluding tert-OH is 1.